The molecule has 0 saturated heterocycles. The zero-order valence-corrected chi connectivity index (χ0v) is 7.23. The minimum absolute atomic E-state index is 0.0273. The molecule has 1 atom stereocenters. The van der Waals surface area contributed by atoms with Gasteiger partial charge in [0.15, 0.2) is 27.4 Å². The maximum absolute atomic E-state index is 10.8. The predicted octanol–water partition coefficient (Wildman–Crippen LogP) is -0.108. The lowest BCUT2D eigenvalue weighted by Crippen LogP contribution is -1.94. The highest BCUT2D eigenvalue weighted by molar-refractivity contribution is 7.79. The van der Waals surface area contributed by atoms with Crippen molar-refractivity contribution < 1.29 is 8.76 Å². The van der Waals surface area contributed by atoms with Gasteiger partial charge in [0.25, 0.3) is 0 Å². The van der Waals surface area contributed by atoms with Crippen molar-refractivity contribution in [1.29, 1.82) is 0 Å². The smallest absolute Gasteiger partial charge is 0.194 e. The summed E-state index contributed by atoms with van der Waals surface area (Å²) in [4.78, 5) is 3.95. The number of nitrogen functional groups attached to an aromatic ring is 1. The highest BCUT2D eigenvalue weighted by atomic mass is 32.2. The normalized spacial score (nSPS) is 13.3. The molecule has 0 aliphatic rings. The van der Waals surface area contributed by atoms with Gasteiger partial charge in [-0.05, 0) is 6.07 Å². The lowest BCUT2D eigenvalue weighted by molar-refractivity contribution is 0.565. The number of nitrogens with zero attached hydrogens (tertiary/aromatic N) is 3. The topological polar surface area (TPSA) is 93.5 Å². The quantitative estimate of drug-likeness (QED) is 0.623. The van der Waals surface area contributed by atoms with E-state index in [1.807, 2.05) is 0 Å². The number of rotatable bonds is 1. The van der Waals surface area contributed by atoms with Crippen LogP contribution >= 0.6 is 0 Å². The second-order valence-corrected chi connectivity index (χ2v) is 3.26. The maximum atomic E-state index is 10.8. The Morgan fingerprint density at radius 1 is 1.62 bits per heavy atom. The molecule has 0 saturated carbocycles. The van der Waals surface area contributed by atoms with Crippen molar-refractivity contribution >= 4 is 22.5 Å². The van der Waals surface area contributed by atoms with Gasteiger partial charge in [-0.2, -0.15) is 0 Å². The summed E-state index contributed by atoms with van der Waals surface area (Å²) in [6.07, 6.45) is 3.11. The molecule has 7 heteroatoms. The third kappa shape index (κ3) is 1.18. The van der Waals surface area contributed by atoms with Crippen molar-refractivity contribution in [2.45, 2.75) is 4.90 Å². The van der Waals surface area contributed by atoms with Crippen molar-refractivity contribution in [2.75, 3.05) is 5.73 Å². The Kier molecular flexibility index (Phi) is 1.74. The van der Waals surface area contributed by atoms with Gasteiger partial charge in [0.05, 0.1) is 0 Å². The third-order valence-electron chi connectivity index (χ3n) is 1.55. The molecule has 0 aliphatic carbocycles. The van der Waals surface area contributed by atoms with Crippen LogP contribution in [0.4, 0.5) is 5.82 Å². The van der Waals surface area contributed by atoms with E-state index < -0.39 is 11.1 Å². The molecule has 0 aliphatic heterocycles. The van der Waals surface area contributed by atoms with Crippen LogP contribution in [-0.4, -0.2) is 23.4 Å². The first-order valence-electron chi connectivity index (χ1n) is 3.40. The summed E-state index contributed by atoms with van der Waals surface area (Å²) in [5.41, 5.74) is 5.74. The summed E-state index contributed by atoms with van der Waals surface area (Å²) in [5.74, 6) is 0.0273. The lowest BCUT2D eigenvalue weighted by atomic mass is 10.6. The van der Waals surface area contributed by atoms with E-state index in [0.717, 1.165) is 0 Å². The van der Waals surface area contributed by atoms with E-state index in [0.29, 0.717) is 5.65 Å². The second kappa shape index (κ2) is 2.79. The molecule has 68 valence electrons. The van der Waals surface area contributed by atoms with Crippen LogP contribution in [0.25, 0.3) is 5.65 Å². The fraction of sp³-hybridized carbons (Fsp3) is 0. The largest absolute Gasteiger partial charge is 0.381 e. The van der Waals surface area contributed by atoms with Crippen LogP contribution in [0.1, 0.15) is 0 Å². The predicted molar refractivity (Wildman–Crippen MR) is 46.4 cm³/mol. The van der Waals surface area contributed by atoms with Gasteiger partial charge in [-0.3, -0.25) is 0 Å². The summed E-state index contributed by atoms with van der Waals surface area (Å²) in [5, 5.41) is 3.81. The Balaban J connectivity index is 2.86. The minimum atomic E-state index is -2.15. The molecule has 0 bridgehead atoms. The van der Waals surface area contributed by atoms with Gasteiger partial charge in [-0.25, -0.2) is 13.7 Å². The van der Waals surface area contributed by atoms with E-state index in [4.69, 9.17) is 10.3 Å². The Bertz CT molecular complexity index is 480. The van der Waals surface area contributed by atoms with E-state index in [2.05, 4.69) is 10.1 Å². The molecule has 0 aromatic carbocycles. The van der Waals surface area contributed by atoms with Crippen LogP contribution in [0.3, 0.4) is 0 Å². The van der Waals surface area contributed by atoms with Crippen LogP contribution < -0.4 is 5.73 Å². The van der Waals surface area contributed by atoms with Crippen molar-refractivity contribution in [3.63, 3.8) is 0 Å². The van der Waals surface area contributed by atoms with E-state index >= 15 is 0 Å². The number of aromatic nitrogens is 3. The zero-order valence-electron chi connectivity index (χ0n) is 6.41. The van der Waals surface area contributed by atoms with Crippen LogP contribution in [0, 0.1) is 0 Å². The van der Waals surface area contributed by atoms with Crippen molar-refractivity contribution in [3.8, 4) is 0 Å². The first-order chi connectivity index (χ1) is 6.20. The molecular weight excluding hydrogens is 192 g/mol. The molecule has 3 N–H and O–H groups in total. The maximum Gasteiger partial charge on any atom is 0.194 e. The first-order valence-corrected chi connectivity index (χ1v) is 4.50. The van der Waals surface area contributed by atoms with Crippen molar-refractivity contribution in [2.24, 2.45) is 0 Å². The molecule has 0 amide bonds. The highest BCUT2D eigenvalue weighted by Crippen LogP contribution is 2.18. The van der Waals surface area contributed by atoms with Gasteiger partial charge in [0, 0.05) is 12.4 Å². The molecule has 6 nitrogen and oxygen atoms in total. The fourth-order valence-electron chi connectivity index (χ4n) is 1.05. The Hall–Kier alpha value is -1.47. The summed E-state index contributed by atoms with van der Waals surface area (Å²) in [6.45, 7) is 0. The van der Waals surface area contributed by atoms with Gasteiger partial charge in [0.2, 0.25) is 0 Å². The molecule has 13 heavy (non-hydrogen) atoms. The monoisotopic (exact) mass is 198 g/mol. The van der Waals surface area contributed by atoms with Gasteiger partial charge in [-0.1, -0.05) is 0 Å². The van der Waals surface area contributed by atoms with Gasteiger partial charge >= 0.3 is 0 Å². The zero-order chi connectivity index (χ0) is 9.42. The van der Waals surface area contributed by atoms with Gasteiger partial charge < -0.3 is 10.3 Å². The molecule has 2 rings (SSSR count). The van der Waals surface area contributed by atoms with Crippen LogP contribution in [0.2, 0.25) is 0 Å². The number of hydrogen-bond donors (Lipinski definition) is 2. The van der Waals surface area contributed by atoms with Gasteiger partial charge in [-0.15, -0.1) is 5.10 Å². The molecule has 0 spiro atoms. The number of hydrogen-bond acceptors (Lipinski definition) is 4. The number of nitrogens with two attached hydrogens (primary N) is 1. The second-order valence-electron chi connectivity index (χ2n) is 2.35. The summed E-state index contributed by atoms with van der Waals surface area (Å²) in [6, 6.07) is 1.66. The summed E-state index contributed by atoms with van der Waals surface area (Å²) >= 11 is -2.15. The number of anilines is 1. The highest BCUT2D eigenvalue weighted by Gasteiger charge is 2.15. The summed E-state index contributed by atoms with van der Waals surface area (Å²) in [7, 11) is 0. The van der Waals surface area contributed by atoms with E-state index in [1.54, 1.807) is 12.3 Å². The Labute approximate surface area is 75.7 Å². The van der Waals surface area contributed by atoms with E-state index in [9.17, 15) is 4.21 Å². The average Bonchev–Trinajstić information content (AvgIpc) is 2.39. The SMILES string of the molecule is Nc1nn2cccnc2c1S(=O)O. The molecule has 2 aromatic heterocycles. The minimum Gasteiger partial charge on any atom is -0.381 e. The van der Waals surface area contributed by atoms with Gasteiger partial charge in [0.1, 0.15) is 0 Å². The third-order valence-corrected chi connectivity index (χ3v) is 2.29. The fourth-order valence-corrected chi connectivity index (χ4v) is 1.57. The first kappa shape index (κ1) is 8.14. The van der Waals surface area contributed by atoms with Crippen molar-refractivity contribution in [1.82, 2.24) is 14.6 Å². The van der Waals surface area contributed by atoms with Crippen molar-refractivity contribution in [3.05, 3.63) is 18.5 Å². The van der Waals surface area contributed by atoms with Crippen LogP contribution in [0.15, 0.2) is 23.4 Å². The average molecular weight is 198 g/mol. The molecule has 2 aromatic rings. The van der Waals surface area contributed by atoms with E-state index in [1.165, 1.54) is 10.7 Å². The van der Waals surface area contributed by atoms with Crippen LogP contribution in [-0.2, 0) is 11.1 Å². The molecule has 0 fully saturated rings. The molecule has 1 unspecified atom stereocenters. The van der Waals surface area contributed by atoms with E-state index in [-0.39, 0.29) is 10.7 Å². The Morgan fingerprint density at radius 3 is 3.08 bits per heavy atom. The molecule has 0 radical (unpaired) electrons. The lowest BCUT2D eigenvalue weighted by Gasteiger charge is -1.90. The standard InChI is InChI=1S/C6H6N4O2S/c7-5-4(13(11)12)6-8-2-1-3-10(6)9-5/h1-3H,(H2,7,9)(H,11,12). The number of fused-ring (bicyclic) bond motifs is 1. The molecule has 2 heterocycles. The Morgan fingerprint density at radius 2 is 2.38 bits per heavy atom. The van der Waals surface area contributed by atoms with Crippen LogP contribution in [0.5, 0.6) is 0 Å². The summed E-state index contributed by atoms with van der Waals surface area (Å²) < 4.78 is 21.1. The molecular formula is C6H6N4O2S.